The summed E-state index contributed by atoms with van der Waals surface area (Å²) >= 11 is 0. The first-order valence-corrected chi connectivity index (χ1v) is 11.9. The quantitative estimate of drug-likeness (QED) is 0.428. The first-order valence-electron chi connectivity index (χ1n) is 11.9. The van der Waals surface area contributed by atoms with Gasteiger partial charge in [-0.25, -0.2) is 15.0 Å². The second kappa shape index (κ2) is 9.44. The van der Waals surface area contributed by atoms with Gasteiger partial charge in [-0.1, -0.05) is 12.1 Å². The lowest BCUT2D eigenvalue weighted by Crippen LogP contribution is -2.49. The van der Waals surface area contributed by atoms with Gasteiger partial charge in [0.05, 0.1) is 18.5 Å². The zero-order valence-corrected chi connectivity index (χ0v) is 21.3. The lowest BCUT2D eigenvalue weighted by Gasteiger charge is -2.35. The minimum absolute atomic E-state index is 0.0251. The van der Waals surface area contributed by atoms with E-state index in [4.69, 9.17) is 4.74 Å². The average Bonchev–Trinajstić information content (AvgIpc) is 3.45. The van der Waals surface area contributed by atoms with E-state index in [0.717, 1.165) is 40.0 Å². The maximum atomic E-state index is 13.4. The molecule has 0 radical (unpaired) electrons. The molecule has 0 bridgehead atoms. The summed E-state index contributed by atoms with van der Waals surface area (Å²) in [7, 11) is 3.44. The normalized spacial score (nSPS) is 13.8. The number of aromatic nitrogens is 6. The van der Waals surface area contributed by atoms with E-state index in [1.165, 1.54) is 0 Å². The number of hydrogen-bond donors (Lipinski definition) is 0. The minimum atomic E-state index is -0.0251. The molecule has 0 spiro atoms. The third-order valence-electron chi connectivity index (χ3n) is 6.66. The Morgan fingerprint density at radius 2 is 1.72 bits per heavy atom. The van der Waals surface area contributed by atoms with Crippen LogP contribution in [0.15, 0.2) is 42.7 Å². The van der Waals surface area contributed by atoms with Crippen LogP contribution in [-0.4, -0.2) is 73.4 Å². The van der Waals surface area contributed by atoms with Gasteiger partial charge in [-0.15, -0.1) is 0 Å². The van der Waals surface area contributed by atoms with Crippen LogP contribution in [0.25, 0.3) is 17.1 Å². The summed E-state index contributed by atoms with van der Waals surface area (Å²) in [5, 5.41) is 4.57. The number of carbonyl (C=O) groups excluding carboxylic acids is 1. The second-order valence-electron chi connectivity index (χ2n) is 8.97. The van der Waals surface area contributed by atoms with E-state index in [0.29, 0.717) is 37.7 Å². The molecular weight excluding hydrogens is 456 g/mol. The van der Waals surface area contributed by atoms with E-state index < -0.39 is 0 Å². The molecule has 36 heavy (non-hydrogen) atoms. The Balaban J connectivity index is 1.30. The molecule has 0 N–H and O–H groups in total. The number of methoxy groups -OCH3 is 1. The molecule has 1 fully saturated rings. The predicted molar refractivity (Wildman–Crippen MR) is 137 cm³/mol. The van der Waals surface area contributed by atoms with Gasteiger partial charge < -0.3 is 14.5 Å². The standard InChI is InChI=1S/C26H30N8O2/c1-17-18(2)34(16-27-17)25-15-24(28-19(3)29-25)32-9-11-33(12-10-32)26(35)23-14-22(30-31(23)4)20-7-6-8-21(13-20)36-5/h6-8,13-16H,9-12H2,1-5H3. The first-order chi connectivity index (χ1) is 17.3. The Kier molecular flexibility index (Phi) is 6.17. The predicted octanol–water partition coefficient (Wildman–Crippen LogP) is 2.96. The molecule has 1 saturated heterocycles. The monoisotopic (exact) mass is 486 g/mol. The number of imidazole rings is 1. The van der Waals surface area contributed by atoms with Crippen molar-refractivity contribution in [2.75, 3.05) is 38.2 Å². The highest BCUT2D eigenvalue weighted by molar-refractivity contribution is 5.94. The van der Waals surface area contributed by atoms with Gasteiger partial charge in [-0.3, -0.25) is 14.0 Å². The largest absolute Gasteiger partial charge is 0.497 e. The van der Waals surface area contributed by atoms with Crippen LogP contribution in [0.4, 0.5) is 5.82 Å². The van der Waals surface area contributed by atoms with Crippen molar-refractivity contribution in [3.05, 3.63) is 65.6 Å². The zero-order chi connectivity index (χ0) is 25.4. The van der Waals surface area contributed by atoms with Crippen LogP contribution >= 0.6 is 0 Å². The molecule has 10 heteroatoms. The van der Waals surface area contributed by atoms with E-state index in [9.17, 15) is 4.79 Å². The van der Waals surface area contributed by atoms with E-state index in [2.05, 4.69) is 25.0 Å². The van der Waals surface area contributed by atoms with Crippen molar-refractivity contribution in [1.29, 1.82) is 0 Å². The number of aryl methyl sites for hydroxylation is 3. The number of anilines is 1. The van der Waals surface area contributed by atoms with Crippen LogP contribution in [0.5, 0.6) is 5.75 Å². The first kappa shape index (κ1) is 23.5. The van der Waals surface area contributed by atoms with E-state index in [1.807, 2.05) is 66.6 Å². The molecule has 4 heterocycles. The van der Waals surface area contributed by atoms with Gasteiger partial charge in [0, 0.05) is 50.6 Å². The zero-order valence-electron chi connectivity index (χ0n) is 21.3. The molecule has 186 valence electrons. The molecule has 1 aliphatic rings. The smallest absolute Gasteiger partial charge is 0.272 e. The molecule has 1 aromatic carbocycles. The highest BCUT2D eigenvalue weighted by atomic mass is 16.5. The Hall–Kier alpha value is -4.21. The van der Waals surface area contributed by atoms with Crippen molar-refractivity contribution >= 4 is 11.7 Å². The second-order valence-corrected chi connectivity index (χ2v) is 8.97. The van der Waals surface area contributed by atoms with Crippen molar-refractivity contribution in [3.8, 4) is 22.8 Å². The van der Waals surface area contributed by atoms with Gasteiger partial charge >= 0.3 is 0 Å². The molecule has 1 aliphatic heterocycles. The molecule has 10 nitrogen and oxygen atoms in total. The van der Waals surface area contributed by atoms with Gasteiger partial charge in [0.15, 0.2) is 0 Å². The number of amides is 1. The highest BCUT2D eigenvalue weighted by Crippen LogP contribution is 2.25. The highest BCUT2D eigenvalue weighted by Gasteiger charge is 2.26. The number of nitrogens with zero attached hydrogens (tertiary/aromatic N) is 8. The number of carbonyl (C=O) groups is 1. The summed E-state index contributed by atoms with van der Waals surface area (Å²) in [5.41, 5.74) is 4.25. The Morgan fingerprint density at radius 3 is 2.42 bits per heavy atom. The van der Waals surface area contributed by atoms with Crippen LogP contribution in [0, 0.1) is 20.8 Å². The maximum absolute atomic E-state index is 13.4. The number of hydrogen-bond acceptors (Lipinski definition) is 7. The van der Waals surface area contributed by atoms with Crippen molar-refractivity contribution in [1.82, 2.24) is 34.2 Å². The summed E-state index contributed by atoms with van der Waals surface area (Å²) in [6.07, 6.45) is 1.79. The van der Waals surface area contributed by atoms with E-state index in [1.54, 1.807) is 25.2 Å². The summed E-state index contributed by atoms with van der Waals surface area (Å²) < 4.78 is 8.95. The minimum Gasteiger partial charge on any atom is -0.497 e. The molecule has 0 atom stereocenters. The fourth-order valence-electron chi connectivity index (χ4n) is 4.44. The van der Waals surface area contributed by atoms with Crippen LogP contribution in [0.1, 0.15) is 27.7 Å². The third kappa shape index (κ3) is 4.41. The summed E-state index contributed by atoms with van der Waals surface area (Å²) in [6.45, 7) is 8.48. The molecule has 0 saturated carbocycles. The Bertz CT molecular complexity index is 1420. The molecular formula is C26H30N8O2. The van der Waals surface area contributed by atoms with Crippen LogP contribution in [0.3, 0.4) is 0 Å². The van der Waals surface area contributed by atoms with E-state index >= 15 is 0 Å². The number of ether oxygens (including phenoxy) is 1. The van der Waals surface area contributed by atoms with Gasteiger partial charge in [0.1, 0.15) is 35.2 Å². The van der Waals surface area contributed by atoms with Crippen molar-refractivity contribution < 1.29 is 9.53 Å². The van der Waals surface area contributed by atoms with Crippen molar-refractivity contribution in [2.45, 2.75) is 20.8 Å². The van der Waals surface area contributed by atoms with Crippen LogP contribution in [0.2, 0.25) is 0 Å². The number of rotatable bonds is 5. The Labute approximate surface area is 210 Å². The summed E-state index contributed by atoms with van der Waals surface area (Å²) in [6, 6.07) is 11.5. The summed E-state index contributed by atoms with van der Waals surface area (Å²) in [4.78, 5) is 31.1. The topological polar surface area (TPSA) is 94.2 Å². The van der Waals surface area contributed by atoms with Crippen LogP contribution in [-0.2, 0) is 7.05 Å². The fraction of sp³-hybridized carbons (Fsp3) is 0.346. The van der Waals surface area contributed by atoms with E-state index in [-0.39, 0.29) is 5.91 Å². The molecule has 0 aliphatic carbocycles. The van der Waals surface area contributed by atoms with Gasteiger partial charge in [0.2, 0.25) is 0 Å². The van der Waals surface area contributed by atoms with Crippen molar-refractivity contribution in [3.63, 3.8) is 0 Å². The lowest BCUT2D eigenvalue weighted by atomic mass is 10.1. The molecule has 3 aromatic heterocycles. The van der Waals surface area contributed by atoms with Gasteiger partial charge in [-0.05, 0) is 39.0 Å². The number of benzene rings is 1. The third-order valence-corrected chi connectivity index (χ3v) is 6.66. The molecule has 0 unspecified atom stereocenters. The van der Waals surface area contributed by atoms with Gasteiger partial charge in [0.25, 0.3) is 5.91 Å². The van der Waals surface area contributed by atoms with Crippen molar-refractivity contribution in [2.24, 2.45) is 7.05 Å². The summed E-state index contributed by atoms with van der Waals surface area (Å²) in [5.74, 6) is 3.09. The molecule has 1 amide bonds. The average molecular weight is 487 g/mol. The number of piperazine rings is 1. The molecule has 5 rings (SSSR count). The lowest BCUT2D eigenvalue weighted by molar-refractivity contribution is 0.0735. The van der Waals surface area contributed by atoms with Gasteiger partial charge in [-0.2, -0.15) is 5.10 Å². The fourth-order valence-corrected chi connectivity index (χ4v) is 4.44. The maximum Gasteiger partial charge on any atom is 0.272 e. The van der Waals surface area contributed by atoms with Crippen LogP contribution < -0.4 is 9.64 Å². The molecule has 4 aromatic rings. The Morgan fingerprint density at radius 1 is 0.972 bits per heavy atom. The SMILES string of the molecule is COc1cccc(-c2cc(C(=O)N3CCN(c4cc(-n5cnc(C)c5C)nc(C)n4)CC3)n(C)n2)c1.